The summed E-state index contributed by atoms with van der Waals surface area (Å²) in [7, 11) is 0. The van der Waals surface area contributed by atoms with Crippen LogP contribution in [0.1, 0.15) is 32.2 Å². The van der Waals surface area contributed by atoms with Gasteiger partial charge in [-0.3, -0.25) is 0 Å². The maximum Gasteiger partial charge on any atom is 0.205 e. The molecule has 0 aliphatic heterocycles. The minimum atomic E-state index is 0.470. The topological polar surface area (TPSA) is 37.8 Å². The van der Waals surface area contributed by atoms with Gasteiger partial charge in [-0.2, -0.15) is 0 Å². The van der Waals surface area contributed by atoms with E-state index in [-0.39, 0.29) is 0 Å². The lowest BCUT2D eigenvalue weighted by Gasteiger charge is -2.18. The zero-order chi connectivity index (χ0) is 9.84. The summed E-state index contributed by atoms with van der Waals surface area (Å²) in [4.78, 5) is 0. The van der Waals surface area contributed by atoms with Crippen molar-refractivity contribution in [2.75, 3.05) is 5.32 Å². The molecule has 13 heavy (non-hydrogen) atoms. The average Bonchev–Trinajstić information content (AvgIpc) is 2.49. The molecule has 2 unspecified atom stereocenters. The number of nitrogens with zero attached hydrogens (tertiary/aromatic N) is 2. The van der Waals surface area contributed by atoms with Crippen LogP contribution < -0.4 is 5.32 Å². The maximum atomic E-state index is 4.03. The van der Waals surface area contributed by atoms with Gasteiger partial charge in [0.15, 0.2) is 0 Å². The highest BCUT2D eigenvalue weighted by Gasteiger charge is 2.11. The summed E-state index contributed by atoms with van der Waals surface area (Å²) in [5.74, 6) is 0.671. The molecule has 74 valence electrons. The molecule has 3 nitrogen and oxygen atoms in total. The molecular weight excluding hydrogens is 182 g/mol. The Balaban J connectivity index is 2.49. The van der Waals surface area contributed by atoms with Crippen LogP contribution >= 0.6 is 11.3 Å². The van der Waals surface area contributed by atoms with Gasteiger partial charge in [0.05, 0.1) is 0 Å². The molecule has 1 aromatic heterocycles. The van der Waals surface area contributed by atoms with Crippen LogP contribution in [0.4, 0.5) is 5.13 Å². The largest absolute Gasteiger partial charge is 0.357 e. The van der Waals surface area contributed by atoms with Crippen molar-refractivity contribution in [2.45, 2.75) is 40.2 Å². The lowest BCUT2D eigenvalue weighted by atomic mass is 10.0. The summed E-state index contributed by atoms with van der Waals surface area (Å²) in [6.45, 7) is 8.60. The number of anilines is 1. The molecule has 0 aromatic carbocycles. The lowest BCUT2D eigenvalue weighted by molar-refractivity contribution is 0.494. The molecule has 0 saturated heterocycles. The quantitative estimate of drug-likeness (QED) is 0.810. The number of rotatable bonds is 4. The third-order valence-corrected chi connectivity index (χ3v) is 3.14. The molecule has 1 rings (SSSR count). The number of aromatic nitrogens is 2. The minimum Gasteiger partial charge on any atom is -0.357 e. The van der Waals surface area contributed by atoms with Gasteiger partial charge in [-0.05, 0) is 19.8 Å². The molecule has 0 bridgehead atoms. The van der Waals surface area contributed by atoms with Crippen molar-refractivity contribution < 1.29 is 0 Å². The van der Waals surface area contributed by atoms with Crippen LogP contribution in [0.5, 0.6) is 0 Å². The molecule has 1 heterocycles. The molecule has 0 aliphatic rings. The first kappa shape index (κ1) is 10.4. The molecule has 0 fully saturated rings. The van der Waals surface area contributed by atoms with Crippen molar-refractivity contribution >= 4 is 16.5 Å². The first-order chi connectivity index (χ1) is 6.13. The van der Waals surface area contributed by atoms with Crippen LogP contribution in [0.2, 0.25) is 0 Å². The van der Waals surface area contributed by atoms with Crippen LogP contribution in [0.25, 0.3) is 0 Å². The summed E-state index contributed by atoms with van der Waals surface area (Å²) in [5, 5.41) is 13.3. The Morgan fingerprint density at radius 2 is 2.08 bits per heavy atom. The van der Waals surface area contributed by atoms with E-state index >= 15 is 0 Å². The summed E-state index contributed by atoms with van der Waals surface area (Å²) >= 11 is 1.61. The molecule has 1 N–H and O–H groups in total. The van der Waals surface area contributed by atoms with E-state index in [9.17, 15) is 0 Å². The lowest BCUT2D eigenvalue weighted by Crippen LogP contribution is -2.22. The van der Waals surface area contributed by atoms with E-state index in [0.29, 0.717) is 12.0 Å². The van der Waals surface area contributed by atoms with Crippen molar-refractivity contribution in [2.24, 2.45) is 5.92 Å². The van der Waals surface area contributed by atoms with Crippen LogP contribution in [-0.4, -0.2) is 16.2 Å². The zero-order valence-electron chi connectivity index (χ0n) is 8.66. The predicted molar refractivity (Wildman–Crippen MR) is 57.2 cm³/mol. The minimum absolute atomic E-state index is 0.470. The van der Waals surface area contributed by atoms with Gasteiger partial charge in [-0.15, -0.1) is 10.2 Å². The van der Waals surface area contributed by atoms with Gasteiger partial charge in [-0.1, -0.05) is 31.6 Å². The second kappa shape index (κ2) is 4.56. The fraction of sp³-hybridized carbons (Fsp3) is 0.778. The highest BCUT2D eigenvalue weighted by Crippen LogP contribution is 2.18. The molecule has 4 heteroatoms. The molecule has 1 aromatic rings. The smallest absolute Gasteiger partial charge is 0.205 e. The van der Waals surface area contributed by atoms with Gasteiger partial charge < -0.3 is 5.32 Å². The first-order valence-electron chi connectivity index (χ1n) is 4.70. The number of hydrogen-bond donors (Lipinski definition) is 1. The Morgan fingerprint density at radius 3 is 2.54 bits per heavy atom. The monoisotopic (exact) mass is 199 g/mol. The van der Waals surface area contributed by atoms with E-state index in [0.717, 1.165) is 10.1 Å². The molecule has 0 amide bonds. The van der Waals surface area contributed by atoms with E-state index in [1.54, 1.807) is 11.3 Å². The van der Waals surface area contributed by atoms with Crippen molar-refractivity contribution in [3.63, 3.8) is 0 Å². The van der Waals surface area contributed by atoms with Crippen LogP contribution in [0.3, 0.4) is 0 Å². The van der Waals surface area contributed by atoms with Gasteiger partial charge >= 0.3 is 0 Å². The average molecular weight is 199 g/mol. The molecular formula is C9H17N3S. The maximum absolute atomic E-state index is 4.03. The molecule has 0 radical (unpaired) electrons. The van der Waals surface area contributed by atoms with Gasteiger partial charge in [0.25, 0.3) is 0 Å². The Kier molecular flexibility index (Phi) is 3.66. The van der Waals surface area contributed by atoms with Gasteiger partial charge in [0.2, 0.25) is 5.13 Å². The summed E-state index contributed by atoms with van der Waals surface area (Å²) < 4.78 is 0. The normalized spacial score (nSPS) is 15.4. The van der Waals surface area contributed by atoms with E-state index < -0.39 is 0 Å². The summed E-state index contributed by atoms with van der Waals surface area (Å²) in [5.41, 5.74) is 0. The second-order valence-corrected chi connectivity index (χ2v) is 4.63. The molecule has 0 spiro atoms. The number of nitrogens with one attached hydrogen (secondary N) is 1. The SMILES string of the molecule is CCC(C)C(C)Nc1nnc(C)s1. The van der Waals surface area contributed by atoms with Crippen molar-refractivity contribution in [1.82, 2.24) is 10.2 Å². The van der Waals surface area contributed by atoms with E-state index in [1.807, 2.05) is 6.92 Å². The van der Waals surface area contributed by atoms with Crippen LogP contribution in [0, 0.1) is 12.8 Å². The number of aryl methyl sites for hydroxylation is 1. The van der Waals surface area contributed by atoms with Crippen molar-refractivity contribution in [3.05, 3.63) is 5.01 Å². The Morgan fingerprint density at radius 1 is 1.38 bits per heavy atom. The van der Waals surface area contributed by atoms with Crippen LogP contribution in [-0.2, 0) is 0 Å². The first-order valence-corrected chi connectivity index (χ1v) is 5.51. The van der Waals surface area contributed by atoms with Gasteiger partial charge in [0, 0.05) is 6.04 Å². The predicted octanol–water partition coefficient (Wildman–Crippen LogP) is 2.69. The third kappa shape index (κ3) is 2.95. The molecule has 2 atom stereocenters. The summed E-state index contributed by atoms with van der Waals surface area (Å²) in [6.07, 6.45) is 1.19. The Bertz CT molecular complexity index is 259. The second-order valence-electron chi connectivity index (χ2n) is 3.44. The number of hydrogen-bond acceptors (Lipinski definition) is 4. The van der Waals surface area contributed by atoms with Gasteiger partial charge in [-0.25, -0.2) is 0 Å². The van der Waals surface area contributed by atoms with E-state index in [4.69, 9.17) is 0 Å². The standard InChI is InChI=1S/C9H17N3S/c1-5-6(2)7(3)10-9-12-11-8(4)13-9/h6-7H,5H2,1-4H3,(H,10,12). The van der Waals surface area contributed by atoms with Gasteiger partial charge in [0.1, 0.15) is 5.01 Å². The Hall–Kier alpha value is -0.640. The fourth-order valence-corrected chi connectivity index (χ4v) is 1.73. The molecule has 0 aliphatic carbocycles. The van der Waals surface area contributed by atoms with Crippen molar-refractivity contribution in [1.29, 1.82) is 0 Å². The fourth-order valence-electron chi connectivity index (χ4n) is 1.05. The third-order valence-electron chi connectivity index (χ3n) is 2.37. The van der Waals surface area contributed by atoms with Crippen molar-refractivity contribution in [3.8, 4) is 0 Å². The highest BCUT2D eigenvalue weighted by molar-refractivity contribution is 7.15. The zero-order valence-corrected chi connectivity index (χ0v) is 9.48. The molecule has 0 saturated carbocycles. The highest BCUT2D eigenvalue weighted by atomic mass is 32.1. The van der Waals surface area contributed by atoms with Crippen LogP contribution in [0.15, 0.2) is 0 Å². The van der Waals surface area contributed by atoms with E-state index in [1.165, 1.54) is 6.42 Å². The Labute approximate surface area is 83.6 Å². The summed E-state index contributed by atoms with van der Waals surface area (Å²) in [6, 6.07) is 0.470. The van der Waals surface area contributed by atoms with E-state index in [2.05, 4.69) is 36.3 Å².